The van der Waals surface area contributed by atoms with Gasteiger partial charge in [0, 0.05) is 11.3 Å². The number of carbonyl (C=O) groups excluding carboxylic acids is 2. The van der Waals surface area contributed by atoms with Crippen LogP contribution in [0.3, 0.4) is 0 Å². The van der Waals surface area contributed by atoms with Crippen molar-refractivity contribution in [2.45, 2.75) is 59.8 Å². The van der Waals surface area contributed by atoms with E-state index in [1.165, 1.54) is 24.8 Å². The zero-order valence-electron chi connectivity index (χ0n) is 15.5. The summed E-state index contributed by atoms with van der Waals surface area (Å²) in [5.41, 5.74) is 1.61. The first-order valence-electron chi connectivity index (χ1n) is 9.72. The molecule has 0 bridgehead atoms. The molecule has 2 nitrogen and oxygen atoms in total. The Morgan fingerprint density at radius 2 is 1.96 bits per heavy atom. The van der Waals surface area contributed by atoms with E-state index in [9.17, 15) is 9.59 Å². The molecule has 0 aromatic carbocycles. The largest absolute Gasteiger partial charge is 0.300 e. The molecular formula is C22H30O2. The fourth-order valence-corrected chi connectivity index (χ4v) is 7.43. The number of Topliss-reactive ketones (excluding diaryl/α,β-unsaturated/α-hetero) is 1. The SMILES string of the molecule is CC(=O)[C@H]1[C@H](C)C[C@H]2[C@@H]3CCC4=CC(=O)C=C[C@]4(C)[C@H]3CC[C@@]21C. The van der Waals surface area contributed by atoms with Crippen molar-refractivity contribution in [3.8, 4) is 0 Å². The van der Waals surface area contributed by atoms with Crippen molar-refractivity contribution in [1.82, 2.24) is 0 Å². The molecule has 3 fully saturated rings. The average molecular weight is 326 g/mol. The molecule has 0 aromatic heterocycles. The van der Waals surface area contributed by atoms with Gasteiger partial charge in [-0.3, -0.25) is 9.59 Å². The highest BCUT2D eigenvalue weighted by Crippen LogP contribution is 2.67. The molecule has 4 aliphatic rings. The van der Waals surface area contributed by atoms with Crippen LogP contribution >= 0.6 is 0 Å². The molecule has 0 amide bonds. The lowest BCUT2D eigenvalue weighted by Gasteiger charge is -2.56. The first-order valence-corrected chi connectivity index (χ1v) is 9.72. The van der Waals surface area contributed by atoms with E-state index in [4.69, 9.17) is 0 Å². The molecule has 7 atom stereocenters. The molecule has 130 valence electrons. The van der Waals surface area contributed by atoms with Gasteiger partial charge in [-0.15, -0.1) is 0 Å². The Morgan fingerprint density at radius 3 is 2.67 bits per heavy atom. The van der Waals surface area contributed by atoms with E-state index >= 15 is 0 Å². The summed E-state index contributed by atoms with van der Waals surface area (Å²) in [5, 5.41) is 0. The van der Waals surface area contributed by atoms with Gasteiger partial charge in [-0.05, 0) is 80.3 Å². The van der Waals surface area contributed by atoms with Crippen molar-refractivity contribution in [3.63, 3.8) is 0 Å². The van der Waals surface area contributed by atoms with Gasteiger partial charge in [-0.2, -0.15) is 0 Å². The van der Waals surface area contributed by atoms with Crippen LogP contribution < -0.4 is 0 Å². The number of rotatable bonds is 1. The van der Waals surface area contributed by atoms with Crippen LogP contribution in [0.15, 0.2) is 23.8 Å². The Bertz CT molecular complexity index is 657. The standard InChI is InChI=1S/C22H30O2/c1-13-11-19-17-6-5-15-12-16(24)7-9-21(15,3)18(17)8-10-22(19,4)20(13)14(2)23/h7,9,12-13,17-20H,5-6,8,10-11H2,1-4H3/t13-,17-,18+,19+,20-,21+,22+/m1/s1. The van der Waals surface area contributed by atoms with Crippen LogP contribution in [-0.4, -0.2) is 11.6 Å². The summed E-state index contributed by atoms with van der Waals surface area (Å²) in [6.45, 7) is 8.85. The van der Waals surface area contributed by atoms with Gasteiger partial charge < -0.3 is 0 Å². The molecule has 0 unspecified atom stereocenters. The predicted octanol–water partition coefficient (Wildman–Crippen LogP) is 4.75. The maximum absolute atomic E-state index is 12.3. The Hall–Kier alpha value is -1.18. The fourth-order valence-electron chi connectivity index (χ4n) is 7.43. The number of fused-ring (bicyclic) bond motifs is 5. The molecule has 4 rings (SSSR count). The molecule has 0 heterocycles. The highest BCUT2D eigenvalue weighted by atomic mass is 16.1. The highest BCUT2D eigenvalue weighted by molar-refractivity contribution is 6.01. The molecule has 4 aliphatic carbocycles. The Kier molecular flexibility index (Phi) is 3.50. The second-order valence-electron chi connectivity index (χ2n) is 9.45. The van der Waals surface area contributed by atoms with Gasteiger partial charge in [0.15, 0.2) is 5.78 Å². The smallest absolute Gasteiger partial charge is 0.178 e. The Balaban J connectivity index is 1.70. The third kappa shape index (κ3) is 2.01. The summed E-state index contributed by atoms with van der Waals surface area (Å²) >= 11 is 0. The number of hydrogen-bond acceptors (Lipinski definition) is 2. The molecule has 2 heteroatoms. The molecule has 3 saturated carbocycles. The van der Waals surface area contributed by atoms with E-state index in [0.29, 0.717) is 29.5 Å². The van der Waals surface area contributed by atoms with Crippen molar-refractivity contribution >= 4 is 11.6 Å². The van der Waals surface area contributed by atoms with Gasteiger partial charge in [0.1, 0.15) is 5.78 Å². The quantitative estimate of drug-likeness (QED) is 0.697. The molecule has 0 aromatic rings. The van der Waals surface area contributed by atoms with Gasteiger partial charge in [0.05, 0.1) is 0 Å². The molecule has 0 spiro atoms. The van der Waals surface area contributed by atoms with Crippen LogP contribution in [0, 0.1) is 40.4 Å². The number of carbonyl (C=O) groups is 2. The maximum atomic E-state index is 12.3. The van der Waals surface area contributed by atoms with Crippen molar-refractivity contribution in [2.75, 3.05) is 0 Å². The van der Waals surface area contributed by atoms with Crippen molar-refractivity contribution < 1.29 is 9.59 Å². The monoisotopic (exact) mass is 326 g/mol. The molecule has 0 radical (unpaired) electrons. The first-order chi connectivity index (χ1) is 11.3. The fraction of sp³-hybridized carbons (Fsp3) is 0.727. The number of ketones is 2. The minimum atomic E-state index is 0.0652. The third-order valence-corrected chi connectivity index (χ3v) is 8.34. The summed E-state index contributed by atoms with van der Waals surface area (Å²) in [5.74, 6) is 3.34. The second kappa shape index (κ2) is 5.16. The van der Waals surface area contributed by atoms with Crippen molar-refractivity contribution in [2.24, 2.45) is 40.4 Å². The minimum absolute atomic E-state index is 0.0652. The molecule has 0 aliphatic heterocycles. The van der Waals surface area contributed by atoms with Gasteiger partial charge in [-0.1, -0.05) is 32.4 Å². The summed E-state index contributed by atoms with van der Waals surface area (Å²) in [6.07, 6.45) is 11.7. The van der Waals surface area contributed by atoms with Crippen LogP contribution in [-0.2, 0) is 9.59 Å². The van der Waals surface area contributed by atoms with Gasteiger partial charge in [0.25, 0.3) is 0 Å². The molecule has 0 N–H and O–H groups in total. The Morgan fingerprint density at radius 1 is 1.21 bits per heavy atom. The Labute approximate surface area is 145 Å². The molecule has 24 heavy (non-hydrogen) atoms. The minimum Gasteiger partial charge on any atom is -0.300 e. The number of allylic oxidation sites excluding steroid dienone is 4. The van der Waals surface area contributed by atoms with E-state index in [1.54, 1.807) is 13.0 Å². The zero-order chi connectivity index (χ0) is 17.3. The summed E-state index contributed by atoms with van der Waals surface area (Å²) in [4.78, 5) is 24.2. The highest BCUT2D eigenvalue weighted by Gasteiger charge is 2.61. The summed E-state index contributed by atoms with van der Waals surface area (Å²) < 4.78 is 0. The van der Waals surface area contributed by atoms with E-state index in [2.05, 4.69) is 26.8 Å². The van der Waals surface area contributed by atoms with Gasteiger partial charge in [0.2, 0.25) is 0 Å². The third-order valence-electron chi connectivity index (χ3n) is 8.34. The van der Waals surface area contributed by atoms with Crippen LogP contribution in [0.2, 0.25) is 0 Å². The van der Waals surface area contributed by atoms with Crippen LogP contribution in [0.1, 0.15) is 59.8 Å². The van der Waals surface area contributed by atoms with Crippen molar-refractivity contribution in [1.29, 1.82) is 0 Å². The lowest BCUT2D eigenvalue weighted by atomic mass is 9.47. The normalized spacial score (nSPS) is 49.9. The molecule has 0 saturated heterocycles. The van der Waals surface area contributed by atoms with E-state index in [1.807, 2.05) is 6.08 Å². The second-order valence-corrected chi connectivity index (χ2v) is 9.45. The van der Waals surface area contributed by atoms with Crippen molar-refractivity contribution in [3.05, 3.63) is 23.8 Å². The zero-order valence-corrected chi connectivity index (χ0v) is 15.5. The topological polar surface area (TPSA) is 34.1 Å². The maximum Gasteiger partial charge on any atom is 0.178 e. The van der Waals surface area contributed by atoms with Crippen LogP contribution in [0.5, 0.6) is 0 Å². The lowest BCUT2D eigenvalue weighted by molar-refractivity contribution is -0.128. The van der Waals surface area contributed by atoms with Crippen LogP contribution in [0.25, 0.3) is 0 Å². The number of hydrogen-bond donors (Lipinski definition) is 0. The average Bonchev–Trinajstić information content (AvgIpc) is 2.78. The van der Waals surface area contributed by atoms with Gasteiger partial charge >= 0.3 is 0 Å². The van der Waals surface area contributed by atoms with Crippen LogP contribution in [0.4, 0.5) is 0 Å². The van der Waals surface area contributed by atoms with E-state index < -0.39 is 0 Å². The predicted molar refractivity (Wildman–Crippen MR) is 95.3 cm³/mol. The van der Waals surface area contributed by atoms with E-state index in [0.717, 1.165) is 12.8 Å². The first kappa shape index (κ1) is 16.3. The molecular weight excluding hydrogens is 296 g/mol. The van der Waals surface area contributed by atoms with Gasteiger partial charge in [-0.25, -0.2) is 0 Å². The van der Waals surface area contributed by atoms with E-state index in [-0.39, 0.29) is 22.5 Å². The summed E-state index contributed by atoms with van der Waals surface area (Å²) in [7, 11) is 0. The lowest BCUT2D eigenvalue weighted by Crippen LogP contribution is -2.50. The summed E-state index contributed by atoms with van der Waals surface area (Å²) in [6, 6.07) is 0.